The van der Waals surface area contributed by atoms with Gasteiger partial charge in [-0.2, -0.15) is 0 Å². The van der Waals surface area contributed by atoms with Crippen molar-refractivity contribution in [3.8, 4) is 0 Å². The normalized spacial score (nSPS) is 13.3. The molecule has 0 aliphatic carbocycles. The van der Waals surface area contributed by atoms with E-state index in [4.69, 9.17) is 4.98 Å². The Hall–Kier alpha value is -3.16. The van der Waals surface area contributed by atoms with E-state index >= 15 is 0 Å². The van der Waals surface area contributed by atoms with Gasteiger partial charge in [0, 0.05) is 38.3 Å². The summed E-state index contributed by atoms with van der Waals surface area (Å²) < 4.78 is 1.10. The fourth-order valence-electron chi connectivity index (χ4n) is 4.56. The summed E-state index contributed by atoms with van der Waals surface area (Å²) in [4.78, 5) is 45.4. The number of hydrogen-bond acceptors (Lipinski definition) is 6. The lowest BCUT2D eigenvalue weighted by Crippen LogP contribution is -2.41. The number of ketones is 2. The van der Waals surface area contributed by atoms with Crippen LogP contribution in [0.15, 0.2) is 60.7 Å². The largest absolute Gasteiger partial charge is 0.353 e. The van der Waals surface area contributed by atoms with Gasteiger partial charge in [0.15, 0.2) is 5.78 Å². The summed E-state index contributed by atoms with van der Waals surface area (Å²) >= 11 is 1.60. The molecule has 0 saturated carbocycles. The molecule has 6 nitrogen and oxygen atoms in total. The van der Waals surface area contributed by atoms with Crippen LogP contribution in [-0.4, -0.2) is 54.0 Å². The predicted molar refractivity (Wildman–Crippen MR) is 165 cm³/mol. The van der Waals surface area contributed by atoms with Gasteiger partial charge in [0.25, 0.3) is 0 Å². The second kappa shape index (κ2) is 15.6. The molecular weight excluding hydrogens is 518 g/mol. The molecule has 40 heavy (non-hydrogen) atoms. The Morgan fingerprint density at radius 2 is 1.80 bits per heavy atom. The topological polar surface area (TPSA) is 79.4 Å². The van der Waals surface area contributed by atoms with Gasteiger partial charge in [-0.05, 0) is 62.2 Å². The Morgan fingerprint density at radius 3 is 2.48 bits per heavy atom. The molecule has 0 radical (unpaired) electrons. The number of rotatable bonds is 16. The van der Waals surface area contributed by atoms with Gasteiger partial charge in [-0.3, -0.25) is 14.4 Å². The van der Waals surface area contributed by atoms with E-state index < -0.39 is 5.92 Å². The number of benzene rings is 2. The summed E-state index contributed by atoms with van der Waals surface area (Å²) in [5.41, 5.74) is 3.28. The average molecular weight is 562 g/mol. The molecule has 1 N–H and O–H groups in total. The van der Waals surface area contributed by atoms with Crippen LogP contribution in [0, 0.1) is 5.92 Å². The predicted octanol–water partition coefficient (Wildman–Crippen LogP) is 6.14. The van der Waals surface area contributed by atoms with Crippen molar-refractivity contribution < 1.29 is 14.4 Å². The second-order valence-corrected chi connectivity index (χ2v) is 12.2. The highest BCUT2D eigenvalue weighted by Crippen LogP contribution is 2.28. The molecule has 0 aliphatic rings. The fraction of sp³-hybridized carbons (Fsp3) is 0.455. The summed E-state index contributed by atoms with van der Waals surface area (Å²) in [6.07, 6.45) is 5.97. The molecule has 214 valence electrons. The van der Waals surface area contributed by atoms with Gasteiger partial charge in [-0.15, -0.1) is 11.3 Å². The summed E-state index contributed by atoms with van der Waals surface area (Å²) in [5, 5.41) is 4.07. The first-order valence-electron chi connectivity index (χ1n) is 14.2. The van der Waals surface area contributed by atoms with Crippen LogP contribution in [0.2, 0.25) is 0 Å². The standard InChI is InChI=1S/C33H43N3O3S/c1-6-28(37)20-26(22-32-35-30-17-14-25(23(2)3)21-31(30)40-32)33(39)34-27(19-24-11-8-7-9-12-24)15-16-29(38)13-10-18-36(4)5/h7-14,17,21,23,26-27H,6,15-16,18-20,22H2,1-5H3,(H,34,39)/b13-10+/t26-,27+/m0/s1. The van der Waals surface area contributed by atoms with Gasteiger partial charge in [-0.25, -0.2) is 4.98 Å². The van der Waals surface area contributed by atoms with Crippen LogP contribution in [0.1, 0.15) is 68.5 Å². The highest BCUT2D eigenvalue weighted by Gasteiger charge is 2.26. The molecule has 0 unspecified atom stereocenters. The Balaban J connectivity index is 1.76. The van der Waals surface area contributed by atoms with Crippen molar-refractivity contribution in [1.82, 2.24) is 15.2 Å². The summed E-state index contributed by atoms with van der Waals surface area (Å²) in [6.45, 7) is 6.86. The maximum atomic E-state index is 13.7. The third kappa shape index (κ3) is 10.1. The molecule has 7 heteroatoms. The van der Waals surface area contributed by atoms with Gasteiger partial charge in [0.2, 0.25) is 5.91 Å². The number of carbonyl (C=O) groups is 3. The van der Waals surface area contributed by atoms with E-state index in [2.05, 4.69) is 31.3 Å². The Kier molecular flexibility index (Phi) is 12.2. The number of fused-ring (bicyclic) bond motifs is 1. The van der Waals surface area contributed by atoms with E-state index in [-0.39, 0.29) is 29.9 Å². The Bertz CT molecular complexity index is 1300. The zero-order valence-electron chi connectivity index (χ0n) is 24.5. The summed E-state index contributed by atoms with van der Waals surface area (Å²) in [6, 6.07) is 16.1. The first kappa shape index (κ1) is 31.4. The van der Waals surface area contributed by atoms with Crippen molar-refractivity contribution in [2.45, 2.75) is 71.3 Å². The number of carbonyl (C=O) groups excluding carboxylic acids is 3. The molecule has 1 amide bonds. The zero-order chi connectivity index (χ0) is 29.1. The number of allylic oxidation sites excluding steroid dienone is 1. The van der Waals surface area contributed by atoms with Crippen LogP contribution in [0.25, 0.3) is 10.2 Å². The van der Waals surface area contributed by atoms with Crippen molar-refractivity contribution in [3.05, 3.63) is 76.8 Å². The second-order valence-electron chi connectivity index (χ2n) is 11.1. The molecule has 3 rings (SSSR count). The van der Waals surface area contributed by atoms with Gasteiger partial charge in [0.1, 0.15) is 5.78 Å². The molecule has 0 aliphatic heterocycles. The van der Waals surface area contributed by atoms with E-state index in [1.807, 2.05) is 68.4 Å². The third-order valence-electron chi connectivity index (χ3n) is 6.97. The molecule has 0 saturated heterocycles. The minimum absolute atomic E-state index is 0.0436. The highest BCUT2D eigenvalue weighted by atomic mass is 32.1. The lowest BCUT2D eigenvalue weighted by atomic mass is 9.94. The number of likely N-dealkylation sites (N-methyl/N-ethyl adjacent to an activating group) is 1. The first-order valence-corrected chi connectivity index (χ1v) is 15.1. The van der Waals surface area contributed by atoms with E-state index in [1.165, 1.54) is 5.56 Å². The molecule has 3 aromatic rings. The van der Waals surface area contributed by atoms with Crippen LogP contribution in [0.3, 0.4) is 0 Å². The lowest BCUT2D eigenvalue weighted by molar-refractivity contribution is -0.130. The van der Waals surface area contributed by atoms with Gasteiger partial charge < -0.3 is 10.2 Å². The molecular formula is C33H43N3O3S. The molecule has 2 atom stereocenters. The quantitative estimate of drug-likeness (QED) is 0.213. The van der Waals surface area contributed by atoms with Gasteiger partial charge in [0.05, 0.1) is 21.1 Å². The monoisotopic (exact) mass is 561 g/mol. The Labute approximate surface area is 242 Å². The lowest BCUT2D eigenvalue weighted by Gasteiger charge is -2.22. The number of nitrogens with zero attached hydrogens (tertiary/aromatic N) is 2. The molecule has 1 heterocycles. The molecule has 1 aromatic heterocycles. The third-order valence-corrected chi connectivity index (χ3v) is 8.01. The van der Waals surface area contributed by atoms with Crippen LogP contribution in [-0.2, 0) is 27.2 Å². The highest BCUT2D eigenvalue weighted by molar-refractivity contribution is 7.18. The van der Waals surface area contributed by atoms with E-state index in [0.717, 1.165) is 20.8 Å². The van der Waals surface area contributed by atoms with Crippen molar-refractivity contribution in [2.75, 3.05) is 20.6 Å². The van der Waals surface area contributed by atoms with Crippen LogP contribution in [0.5, 0.6) is 0 Å². The fourth-order valence-corrected chi connectivity index (χ4v) is 5.66. The number of nitrogens with one attached hydrogen (secondary N) is 1. The minimum atomic E-state index is -0.508. The van der Waals surface area contributed by atoms with Gasteiger partial charge >= 0.3 is 0 Å². The van der Waals surface area contributed by atoms with Crippen molar-refractivity contribution in [3.63, 3.8) is 0 Å². The smallest absolute Gasteiger partial charge is 0.224 e. The Morgan fingerprint density at radius 1 is 1.05 bits per heavy atom. The minimum Gasteiger partial charge on any atom is -0.353 e. The van der Waals surface area contributed by atoms with Crippen molar-refractivity contribution in [2.24, 2.45) is 5.92 Å². The number of Topliss-reactive ketones (excluding diaryl/α,β-unsaturated/α-hetero) is 1. The molecule has 2 aromatic carbocycles. The molecule has 0 bridgehead atoms. The van der Waals surface area contributed by atoms with Crippen molar-refractivity contribution in [1.29, 1.82) is 0 Å². The van der Waals surface area contributed by atoms with E-state index in [9.17, 15) is 14.4 Å². The van der Waals surface area contributed by atoms with Crippen LogP contribution >= 0.6 is 11.3 Å². The van der Waals surface area contributed by atoms with Crippen molar-refractivity contribution >= 4 is 39.0 Å². The number of amides is 1. The van der Waals surface area contributed by atoms with Gasteiger partial charge in [-0.1, -0.05) is 63.2 Å². The zero-order valence-corrected chi connectivity index (χ0v) is 25.3. The van der Waals surface area contributed by atoms with E-state index in [1.54, 1.807) is 17.4 Å². The van der Waals surface area contributed by atoms with E-state index in [0.29, 0.717) is 44.6 Å². The SMILES string of the molecule is CCC(=O)C[C@@H](Cc1nc2ccc(C(C)C)cc2s1)C(=O)N[C@H](CCC(=O)/C=C/CN(C)C)Cc1ccccc1. The maximum absolute atomic E-state index is 13.7. The summed E-state index contributed by atoms with van der Waals surface area (Å²) in [7, 11) is 3.91. The van der Waals surface area contributed by atoms with Crippen LogP contribution < -0.4 is 5.32 Å². The first-order chi connectivity index (χ1) is 19.1. The summed E-state index contributed by atoms with van der Waals surface area (Å²) in [5.74, 6) is -0.133. The molecule has 0 fully saturated rings. The average Bonchev–Trinajstić information content (AvgIpc) is 3.33. The number of thiazole rings is 1. The number of aromatic nitrogens is 1. The number of hydrogen-bond donors (Lipinski definition) is 1. The maximum Gasteiger partial charge on any atom is 0.224 e. The molecule has 0 spiro atoms. The van der Waals surface area contributed by atoms with Crippen LogP contribution in [0.4, 0.5) is 0 Å².